The number of benzene rings is 2. The zero-order valence-corrected chi connectivity index (χ0v) is 15.5. The topological polar surface area (TPSA) is 89.8 Å². The molecular weight excluding hydrogens is 360 g/mol. The first-order valence-corrected chi connectivity index (χ1v) is 8.58. The summed E-state index contributed by atoms with van der Waals surface area (Å²) in [5.74, 6) is 0.588. The average molecular weight is 380 g/mol. The molecule has 7 heteroatoms. The Morgan fingerprint density at radius 3 is 2.36 bits per heavy atom. The lowest BCUT2D eigenvalue weighted by atomic mass is 10.2. The quantitative estimate of drug-likeness (QED) is 0.649. The molecule has 28 heavy (non-hydrogen) atoms. The molecule has 0 aliphatic carbocycles. The van der Waals surface area contributed by atoms with Gasteiger partial charge in [-0.3, -0.25) is 9.59 Å². The fraction of sp³-hybridized carbons (Fsp3) is 0.143. The van der Waals surface area contributed by atoms with Crippen LogP contribution in [-0.4, -0.2) is 25.5 Å². The third kappa shape index (κ3) is 4.70. The predicted octanol–water partition coefficient (Wildman–Crippen LogP) is 3.87. The summed E-state index contributed by atoms with van der Waals surface area (Å²) in [4.78, 5) is 24.4. The first kappa shape index (κ1) is 19.0. The number of carbonyl (C=O) groups is 2. The van der Waals surface area contributed by atoms with Crippen LogP contribution in [0.15, 0.2) is 65.3 Å². The Kier molecular flexibility index (Phi) is 5.96. The number of rotatable bonds is 7. The number of anilines is 2. The average Bonchev–Trinajstić information content (AvgIpc) is 3.13. The molecule has 0 fully saturated rings. The number of para-hydroxylation sites is 2. The zero-order valence-electron chi connectivity index (χ0n) is 15.5. The van der Waals surface area contributed by atoms with Crippen LogP contribution >= 0.6 is 0 Å². The SMILES string of the molecule is COc1ccccc1OCC(=O)Nc1cccc(NC(=O)c2occc2C)c1. The zero-order chi connectivity index (χ0) is 19.9. The van der Waals surface area contributed by atoms with Gasteiger partial charge in [0.1, 0.15) is 0 Å². The minimum atomic E-state index is -0.356. The fourth-order valence-corrected chi connectivity index (χ4v) is 2.55. The van der Waals surface area contributed by atoms with E-state index in [9.17, 15) is 9.59 Å². The molecule has 7 nitrogen and oxygen atoms in total. The van der Waals surface area contributed by atoms with Crippen molar-refractivity contribution >= 4 is 23.2 Å². The van der Waals surface area contributed by atoms with Gasteiger partial charge in [0, 0.05) is 16.9 Å². The largest absolute Gasteiger partial charge is 0.493 e. The van der Waals surface area contributed by atoms with Gasteiger partial charge in [-0.1, -0.05) is 18.2 Å². The van der Waals surface area contributed by atoms with Crippen LogP contribution in [-0.2, 0) is 4.79 Å². The van der Waals surface area contributed by atoms with Crippen LogP contribution in [0.25, 0.3) is 0 Å². The Labute approximate surface area is 162 Å². The molecule has 0 spiro atoms. The van der Waals surface area contributed by atoms with E-state index in [1.165, 1.54) is 13.4 Å². The van der Waals surface area contributed by atoms with Gasteiger partial charge >= 0.3 is 0 Å². The number of ether oxygens (including phenoxy) is 2. The second-order valence-corrected chi connectivity index (χ2v) is 5.96. The van der Waals surface area contributed by atoms with Crippen LogP contribution in [0, 0.1) is 6.92 Å². The molecule has 3 aromatic rings. The lowest BCUT2D eigenvalue weighted by Crippen LogP contribution is -2.20. The van der Waals surface area contributed by atoms with Crippen molar-refractivity contribution in [2.75, 3.05) is 24.4 Å². The number of amides is 2. The molecular formula is C21H20N2O5. The van der Waals surface area contributed by atoms with E-state index < -0.39 is 0 Å². The van der Waals surface area contributed by atoms with Crippen molar-refractivity contribution in [2.24, 2.45) is 0 Å². The normalized spacial score (nSPS) is 10.2. The summed E-state index contributed by atoms with van der Waals surface area (Å²) in [6, 6.07) is 15.6. The molecule has 1 aromatic heterocycles. The number of hydrogen-bond acceptors (Lipinski definition) is 5. The molecule has 0 aliphatic heterocycles. The van der Waals surface area contributed by atoms with Gasteiger partial charge < -0.3 is 24.5 Å². The highest BCUT2D eigenvalue weighted by molar-refractivity contribution is 6.03. The first-order chi connectivity index (χ1) is 13.6. The number of methoxy groups -OCH3 is 1. The van der Waals surface area contributed by atoms with Gasteiger partial charge in [0.2, 0.25) is 0 Å². The molecule has 0 unspecified atom stereocenters. The standard InChI is InChI=1S/C21H20N2O5/c1-14-10-11-27-20(14)21(25)23-16-7-5-6-15(12-16)22-19(24)13-28-18-9-4-3-8-17(18)26-2/h3-12H,13H2,1-2H3,(H,22,24)(H,23,25). The molecule has 2 N–H and O–H groups in total. The van der Waals surface area contributed by atoms with Gasteiger partial charge in [-0.2, -0.15) is 0 Å². The van der Waals surface area contributed by atoms with E-state index in [0.717, 1.165) is 5.56 Å². The van der Waals surface area contributed by atoms with Crippen LogP contribution < -0.4 is 20.1 Å². The summed E-state index contributed by atoms with van der Waals surface area (Å²) in [6.07, 6.45) is 1.46. The van der Waals surface area contributed by atoms with Crippen molar-refractivity contribution in [1.29, 1.82) is 0 Å². The van der Waals surface area contributed by atoms with Gasteiger partial charge in [-0.15, -0.1) is 0 Å². The number of carbonyl (C=O) groups excluding carboxylic acids is 2. The summed E-state index contributed by atoms with van der Waals surface area (Å²) in [6.45, 7) is 1.61. The second kappa shape index (κ2) is 8.77. The van der Waals surface area contributed by atoms with Gasteiger partial charge in [0.15, 0.2) is 23.9 Å². The fourth-order valence-electron chi connectivity index (χ4n) is 2.55. The second-order valence-electron chi connectivity index (χ2n) is 5.96. The summed E-state index contributed by atoms with van der Waals surface area (Å²) in [7, 11) is 1.53. The number of aryl methyl sites for hydroxylation is 1. The summed E-state index contributed by atoms with van der Waals surface area (Å²) < 4.78 is 15.9. The molecule has 0 atom stereocenters. The van der Waals surface area contributed by atoms with Gasteiger partial charge in [-0.05, 0) is 43.3 Å². The molecule has 3 rings (SSSR count). The smallest absolute Gasteiger partial charge is 0.291 e. The van der Waals surface area contributed by atoms with E-state index in [1.807, 2.05) is 6.07 Å². The van der Waals surface area contributed by atoms with Crippen molar-refractivity contribution in [3.05, 3.63) is 72.2 Å². The van der Waals surface area contributed by atoms with E-state index in [2.05, 4.69) is 10.6 Å². The third-order valence-electron chi connectivity index (χ3n) is 3.90. The summed E-state index contributed by atoms with van der Waals surface area (Å²) in [5, 5.41) is 5.47. The van der Waals surface area contributed by atoms with E-state index >= 15 is 0 Å². The van der Waals surface area contributed by atoms with Crippen LogP contribution in [0.3, 0.4) is 0 Å². The molecule has 2 amide bonds. The van der Waals surface area contributed by atoms with Crippen molar-refractivity contribution in [3.8, 4) is 11.5 Å². The van der Waals surface area contributed by atoms with Crippen LogP contribution in [0.1, 0.15) is 16.1 Å². The highest BCUT2D eigenvalue weighted by atomic mass is 16.5. The minimum absolute atomic E-state index is 0.178. The first-order valence-electron chi connectivity index (χ1n) is 8.58. The van der Waals surface area contributed by atoms with Gasteiger partial charge in [0.25, 0.3) is 11.8 Å². The van der Waals surface area contributed by atoms with Gasteiger partial charge in [-0.25, -0.2) is 0 Å². The Bertz CT molecular complexity index is 980. The van der Waals surface area contributed by atoms with Crippen LogP contribution in [0.4, 0.5) is 11.4 Å². The molecule has 2 aromatic carbocycles. The number of furan rings is 1. The lowest BCUT2D eigenvalue weighted by Gasteiger charge is -2.11. The highest BCUT2D eigenvalue weighted by Gasteiger charge is 2.13. The Balaban J connectivity index is 1.58. The molecule has 0 aliphatic rings. The minimum Gasteiger partial charge on any atom is -0.493 e. The Hall–Kier alpha value is -3.74. The highest BCUT2D eigenvalue weighted by Crippen LogP contribution is 2.25. The number of hydrogen-bond donors (Lipinski definition) is 2. The third-order valence-corrected chi connectivity index (χ3v) is 3.90. The molecule has 0 saturated carbocycles. The predicted molar refractivity (Wildman–Crippen MR) is 105 cm³/mol. The lowest BCUT2D eigenvalue weighted by molar-refractivity contribution is -0.118. The number of nitrogens with one attached hydrogen (secondary N) is 2. The van der Waals surface area contributed by atoms with Crippen LogP contribution in [0.5, 0.6) is 11.5 Å². The maximum absolute atomic E-state index is 12.2. The van der Waals surface area contributed by atoms with Crippen molar-refractivity contribution in [3.63, 3.8) is 0 Å². The maximum atomic E-state index is 12.2. The monoisotopic (exact) mass is 380 g/mol. The summed E-state index contributed by atoms with van der Waals surface area (Å²) in [5.41, 5.74) is 1.81. The Morgan fingerprint density at radius 2 is 1.68 bits per heavy atom. The van der Waals surface area contributed by atoms with Crippen molar-refractivity contribution in [1.82, 2.24) is 0 Å². The van der Waals surface area contributed by atoms with Crippen molar-refractivity contribution < 1.29 is 23.5 Å². The van der Waals surface area contributed by atoms with E-state index in [0.29, 0.717) is 22.9 Å². The summed E-state index contributed by atoms with van der Waals surface area (Å²) >= 11 is 0. The molecule has 0 radical (unpaired) electrons. The van der Waals surface area contributed by atoms with Crippen LogP contribution in [0.2, 0.25) is 0 Å². The van der Waals surface area contributed by atoms with E-state index in [4.69, 9.17) is 13.9 Å². The molecule has 0 bridgehead atoms. The Morgan fingerprint density at radius 1 is 0.964 bits per heavy atom. The maximum Gasteiger partial charge on any atom is 0.291 e. The molecule has 144 valence electrons. The van der Waals surface area contributed by atoms with Crippen molar-refractivity contribution in [2.45, 2.75) is 6.92 Å². The van der Waals surface area contributed by atoms with Gasteiger partial charge in [0.05, 0.1) is 13.4 Å². The van der Waals surface area contributed by atoms with E-state index in [-0.39, 0.29) is 24.2 Å². The molecule has 1 heterocycles. The van der Waals surface area contributed by atoms with E-state index in [1.54, 1.807) is 55.5 Å². The molecule has 0 saturated heterocycles.